The van der Waals surface area contributed by atoms with Crippen LogP contribution >= 0.6 is 0 Å². The predicted molar refractivity (Wildman–Crippen MR) is 71.1 cm³/mol. The number of nitrogens with two attached hydrogens (primary N) is 1. The third-order valence-electron chi connectivity index (χ3n) is 2.58. The zero-order chi connectivity index (χ0) is 12.0. The highest BCUT2D eigenvalue weighted by Gasteiger charge is 1.98. The third-order valence-corrected chi connectivity index (χ3v) is 2.58. The van der Waals surface area contributed by atoms with Crippen molar-refractivity contribution in [1.29, 1.82) is 5.41 Å². The van der Waals surface area contributed by atoms with Gasteiger partial charge in [-0.1, -0.05) is 25.1 Å². The molecule has 0 aliphatic heterocycles. The van der Waals surface area contributed by atoms with Crippen LogP contribution < -0.4 is 5.73 Å². The summed E-state index contributed by atoms with van der Waals surface area (Å²) < 4.78 is 0. The minimum absolute atomic E-state index is 0.681. The Hall–Kier alpha value is -1.57. The first kappa shape index (κ1) is 12.5. The van der Waals surface area contributed by atoms with Gasteiger partial charge in [0.15, 0.2) is 0 Å². The summed E-state index contributed by atoms with van der Waals surface area (Å²) in [4.78, 5) is 0. The molecule has 0 saturated carbocycles. The number of allylic oxidation sites excluding steroid dienone is 2. The maximum Gasteiger partial charge on any atom is 0.0346 e. The van der Waals surface area contributed by atoms with Crippen LogP contribution in [0, 0.1) is 12.3 Å². The zero-order valence-electron chi connectivity index (χ0n) is 10.1. The number of hydrogen-bond acceptors (Lipinski definition) is 2. The molecule has 86 valence electrons. The van der Waals surface area contributed by atoms with Crippen LogP contribution in [0.15, 0.2) is 30.4 Å². The van der Waals surface area contributed by atoms with Crippen LogP contribution in [0.1, 0.15) is 30.9 Å². The molecule has 0 saturated heterocycles. The number of rotatable bonds is 5. The van der Waals surface area contributed by atoms with Gasteiger partial charge in [-0.25, -0.2) is 0 Å². The SMILES string of the molecule is CC/C=C\C(=N)CCc1ccc(C)c(N)c1. The van der Waals surface area contributed by atoms with Gasteiger partial charge in [0.1, 0.15) is 0 Å². The van der Waals surface area contributed by atoms with Crippen LogP contribution in [-0.2, 0) is 6.42 Å². The van der Waals surface area contributed by atoms with Gasteiger partial charge in [-0.2, -0.15) is 0 Å². The number of aryl methyl sites for hydroxylation is 2. The molecule has 16 heavy (non-hydrogen) atoms. The Morgan fingerprint density at radius 1 is 1.44 bits per heavy atom. The van der Waals surface area contributed by atoms with Gasteiger partial charge in [-0.15, -0.1) is 0 Å². The summed E-state index contributed by atoms with van der Waals surface area (Å²) >= 11 is 0. The molecule has 0 aliphatic carbocycles. The average molecular weight is 216 g/mol. The number of benzene rings is 1. The van der Waals surface area contributed by atoms with Crippen molar-refractivity contribution < 1.29 is 0 Å². The van der Waals surface area contributed by atoms with Gasteiger partial charge >= 0.3 is 0 Å². The first-order valence-electron chi connectivity index (χ1n) is 5.72. The van der Waals surface area contributed by atoms with E-state index < -0.39 is 0 Å². The lowest BCUT2D eigenvalue weighted by Crippen LogP contribution is -1.97. The minimum atomic E-state index is 0.681. The maximum absolute atomic E-state index is 7.72. The second-order valence-electron chi connectivity index (χ2n) is 4.03. The maximum atomic E-state index is 7.72. The normalized spacial score (nSPS) is 10.9. The van der Waals surface area contributed by atoms with Crippen LogP contribution in [0.2, 0.25) is 0 Å². The van der Waals surface area contributed by atoms with E-state index in [1.165, 1.54) is 5.56 Å². The molecule has 0 aromatic heterocycles. The first-order chi connectivity index (χ1) is 7.63. The number of nitrogen functional groups attached to an aromatic ring is 1. The van der Waals surface area contributed by atoms with E-state index >= 15 is 0 Å². The summed E-state index contributed by atoms with van der Waals surface area (Å²) in [6.45, 7) is 4.08. The second kappa shape index (κ2) is 6.11. The highest BCUT2D eigenvalue weighted by Crippen LogP contribution is 2.14. The molecule has 0 aliphatic rings. The Kier molecular flexibility index (Phi) is 4.77. The van der Waals surface area contributed by atoms with Gasteiger partial charge in [0, 0.05) is 11.4 Å². The van der Waals surface area contributed by atoms with E-state index in [4.69, 9.17) is 11.1 Å². The molecule has 0 amide bonds. The van der Waals surface area contributed by atoms with E-state index in [1.807, 2.05) is 31.2 Å². The highest BCUT2D eigenvalue weighted by atomic mass is 14.6. The molecule has 1 aromatic carbocycles. The van der Waals surface area contributed by atoms with Crippen LogP contribution in [-0.4, -0.2) is 5.71 Å². The summed E-state index contributed by atoms with van der Waals surface area (Å²) in [6.07, 6.45) is 6.56. The van der Waals surface area contributed by atoms with E-state index in [2.05, 4.69) is 13.0 Å². The molecule has 0 unspecified atom stereocenters. The Morgan fingerprint density at radius 3 is 2.81 bits per heavy atom. The van der Waals surface area contributed by atoms with E-state index in [9.17, 15) is 0 Å². The molecule has 0 spiro atoms. The van der Waals surface area contributed by atoms with Crippen molar-refractivity contribution in [3.8, 4) is 0 Å². The van der Waals surface area contributed by atoms with Crippen molar-refractivity contribution in [2.45, 2.75) is 33.1 Å². The smallest absolute Gasteiger partial charge is 0.0346 e. The van der Waals surface area contributed by atoms with Gasteiger partial charge in [0.05, 0.1) is 0 Å². The van der Waals surface area contributed by atoms with Crippen LogP contribution in [0.5, 0.6) is 0 Å². The molecule has 0 fully saturated rings. The van der Waals surface area contributed by atoms with Crippen molar-refractivity contribution in [3.63, 3.8) is 0 Å². The zero-order valence-corrected chi connectivity index (χ0v) is 10.1. The Balaban J connectivity index is 2.51. The van der Waals surface area contributed by atoms with E-state index in [0.717, 1.165) is 30.5 Å². The summed E-state index contributed by atoms with van der Waals surface area (Å²) in [5, 5.41) is 7.72. The van der Waals surface area contributed by atoms with Gasteiger partial charge < -0.3 is 11.1 Å². The number of anilines is 1. The fourth-order valence-electron chi connectivity index (χ4n) is 1.47. The molecule has 0 heterocycles. The first-order valence-corrected chi connectivity index (χ1v) is 5.72. The molecule has 1 rings (SSSR count). The summed E-state index contributed by atoms with van der Waals surface area (Å²) in [7, 11) is 0. The second-order valence-corrected chi connectivity index (χ2v) is 4.03. The van der Waals surface area contributed by atoms with E-state index in [1.54, 1.807) is 0 Å². The van der Waals surface area contributed by atoms with Gasteiger partial charge in [-0.3, -0.25) is 0 Å². The topological polar surface area (TPSA) is 49.9 Å². The van der Waals surface area contributed by atoms with Crippen LogP contribution in [0.3, 0.4) is 0 Å². The summed E-state index contributed by atoms with van der Waals surface area (Å²) in [5.41, 5.74) is 9.68. The molecule has 2 heteroatoms. The van der Waals surface area contributed by atoms with Crippen molar-refractivity contribution in [2.75, 3.05) is 5.73 Å². The summed E-state index contributed by atoms with van der Waals surface area (Å²) in [6, 6.07) is 6.13. The Morgan fingerprint density at radius 2 is 2.19 bits per heavy atom. The molecule has 2 nitrogen and oxygen atoms in total. The third kappa shape index (κ3) is 3.89. The van der Waals surface area contributed by atoms with Crippen molar-refractivity contribution >= 4 is 11.4 Å². The molecule has 0 radical (unpaired) electrons. The quantitative estimate of drug-likeness (QED) is 0.574. The van der Waals surface area contributed by atoms with E-state index in [0.29, 0.717) is 5.71 Å². The lowest BCUT2D eigenvalue weighted by Gasteiger charge is -2.04. The van der Waals surface area contributed by atoms with Crippen molar-refractivity contribution in [2.24, 2.45) is 0 Å². The van der Waals surface area contributed by atoms with Crippen LogP contribution in [0.4, 0.5) is 5.69 Å². The van der Waals surface area contributed by atoms with Gasteiger partial charge in [-0.05, 0) is 49.5 Å². The highest BCUT2D eigenvalue weighted by molar-refractivity contribution is 5.92. The Labute approximate surface area is 97.7 Å². The van der Waals surface area contributed by atoms with Crippen LogP contribution in [0.25, 0.3) is 0 Å². The number of hydrogen-bond donors (Lipinski definition) is 2. The molecular weight excluding hydrogens is 196 g/mol. The molecule has 0 bridgehead atoms. The molecular formula is C14H20N2. The lowest BCUT2D eigenvalue weighted by molar-refractivity contribution is 1.03. The average Bonchev–Trinajstić information content (AvgIpc) is 2.28. The molecule has 1 aromatic rings. The fraction of sp³-hybridized carbons (Fsp3) is 0.357. The molecule has 3 N–H and O–H groups in total. The standard InChI is InChI=1S/C14H20N2/c1-3-4-5-13(15)9-8-12-7-6-11(2)14(16)10-12/h4-7,10,15H,3,8-9,16H2,1-2H3/b5-4-,15-13?. The van der Waals surface area contributed by atoms with Crippen molar-refractivity contribution in [3.05, 3.63) is 41.5 Å². The van der Waals surface area contributed by atoms with Crippen molar-refractivity contribution in [1.82, 2.24) is 0 Å². The number of nitrogens with one attached hydrogen (secondary N) is 1. The Bertz CT molecular complexity index is 392. The fourth-order valence-corrected chi connectivity index (χ4v) is 1.47. The lowest BCUT2D eigenvalue weighted by atomic mass is 10.0. The van der Waals surface area contributed by atoms with Gasteiger partial charge in [0.25, 0.3) is 0 Å². The molecule has 0 atom stereocenters. The largest absolute Gasteiger partial charge is 0.399 e. The minimum Gasteiger partial charge on any atom is -0.399 e. The summed E-state index contributed by atoms with van der Waals surface area (Å²) in [5.74, 6) is 0. The van der Waals surface area contributed by atoms with E-state index in [-0.39, 0.29) is 0 Å². The van der Waals surface area contributed by atoms with Gasteiger partial charge in [0.2, 0.25) is 0 Å². The monoisotopic (exact) mass is 216 g/mol. The predicted octanol–water partition coefficient (Wildman–Crippen LogP) is 3.50.